The van der Waals surface area contributed by atoms with Crippen molar-refractivity contribution in [2.45, 2.75) is 0 Å². The molecule has 0 saturated carbocycles. The average Bonchev–Trinajstić information content (AvgIpc) is 2.11. The molecule has 0 aromatic carbocycles. The van der Waals surface area contributed by atoms with E-state index in [2.05, 4.69) is 0 Å². The first-order valence-electron chi connectivity index (χ1n) is 2.49. The van der Waals surface area contributed by atoms with Crippen molar-refractivity contribution in [3.8, 4) is 0 Å². The fourth-order valence-electron chi connectivity index (χ4n) is 0.612. The average molecular weight is 176 g/mol. The molecule has 0 aliphatic heterocycles. The Bertz CT molecular complexity index is 248. The zero-order chi connectivity index (χ0) is 7.72. The minimum atomic E-state index is -0.0799. The number of nitrogen functional groups attached to an aromatic ring is 2. The Balaban J connectivity index is 3.23. The zero-order valence-electron chi connectivity index (χ0n) is 5.02. The van der Waals surface area contributed by atoms with Gasteiger partial charge in [-0.05, 0) is 0 Å². The molecule has 0 saturated heterocycles. The molecule has 1 rings (SSSR count). The lowest BCUT2D eigenvalue weighted by Gasteiger charge is -1.94. The third-order valence-corrected chi connectivity index (χ3v) is 2.28. The predicted octanol–water partition coefficient (Wildman–Crippen LogP) is 1.27. The van der Waals surface area contributed by atoms with Gasteiger partial charge in [0.05, 0.1) is 15.6 Å². The van der Waals surface area contributed by atoms with Crippen LogP contribution in [0.4, 0.5) is 5.00 Å². The number of hydrogen-bond donors (Lipinski definition) is 3. The lowest BCUT2D eigenvalue weighted by molar-refractivity contribution is 1.44. The second-order valence-corrected chi connectivity index (χ2v) is 3.05. The molecule has 0 aliphatic carbocycles. The summed E-state index contributed by atoms with van der Waals surface area (Å²) in [5.74, 6) is -0.0799. The SMILES string of the molecule is N=C(N)c1c(Cl)csc1N. The van der Waals surface area contributed by atoms with E-state index in [4.69, 9.17) is 28.5 Å². The van der Waals surface area contributed by atoms with E-state index in [0.29, 0.717) is 15.6 Å². The van der Waals surface area contributed by atoms with Crippen LogP contribution >= 0.6 is 22.9 Å². The third-order valence-electron chi connectivity index (χ3n) is 1.04. The molecule has 1 heterocycles. The van der Waals surface area contributed by atoms with E-state index in [1.165, 1.54) is 11.3 Å². The Hall–Kier alpha value is -0.740. The van der Waals surface area contributed by atoms with Crippen molar-refractivity contribution < 1.29 is 0 Å². The van der Waals surface area contributed by atoms with Crippen LogP contribution in [-0.2, 0) is 0 Å². The van der Waals surface area contributed by atoms with Gasteiger partial charge in [0.2, 0.25) is 0 Å². The van der Waals surface area contributed by atoms with Crippen molar-refractivity contribution in [1.29, 1.82) is 5.41 Å². The van der Waals surface area contributed by atoms with Gasteiger partial charge in [-0.2, -0.15) is 0 Å². The van der Waals surface area contributed by atoms with Crippen LogP contribution in [0.15, 0.2) is 5.38 Å². The van der Waals surface area contributed by atoms with Crippen LogP contribution in [-0.4, -0.2) is 5.84 Å². The maximum Gasteiger partial charge on any atom is 0.127 e. The fourth-order valence-corrected chi connectivity index (χ4v) is 1.69. The highest BCUT2D eigenvalue weighted by Crippen LogP contribution is 2.28. The molecule has 5 N–H and O–H groups in total. The highest BCUT2D eigenvalue weighted by Gasteiger charge is 2.08. The van der Waals surface area contributed by atoms with Gasteiger partial charge in [0.1, 0.15) is 5.84 Å². The highest BCUT2D eigenvalue weighted by atomic mass is 35.5. The van der Waals surface area contributed by atoms with E-state index in [1.54, 1.807) is 5.38 Å². The van der Waals surface area contributed by atoms with E-state index in [0.717, 1.165) is 0 Å². The molecule has 0 atom stereocenters. The number of nitrogens with one attached hydrogen (secondary N) is 1. The Morgan fingerprint density at radius 3 is 2.50 bits per heavy atom. The Kier molecular flexibility index (Phi) is 1.82. The fraction of sp³-hybridized carbons (Fsp3) is 0. The smallest absolute Gasteiger partial charge is 0.127 e. The molecule has 0 bridgehead atoms. The minimum absolute atomic E-state index is 0.0799. The van der Waals surface area contributed by atoms with Crippen LogP contribution in [0.2, 0.25) is 5.02 Å². The first-order valence-corrected chi connectivity index (χ1v) is 3.75. The Morgan fingerprint density at radius 1 is 1.70 bits per heavy atom. The summed E-state index contributed by atoms with van der Waals surface area (Å²) < 4.78 is 0. The number of nitrogens with two attached hydrogens (primary N) is 2. The normalized spacial score (nSPS) is 9.70. The molecule has 1 aromatic heterocycles. The molecular formula is C5H6ClN3S. The van der Waals surface area contributed by atoms with Gasteiger partial charge in [-0.25, -0.2) is 0 Å². The van der Waals surface area contributed by atoms with Gasteiger partial charge in [0.15, 0.2) is 0 Å². The zero-order valence-corrected chi connectivity index (χ0v) is 6.59. The summed E-state index contributed by atoms with van der Waals surface area (Å²) in [6.07, 6.45) is 0. The summed E-state index contributed by atoms with van der Waals surface area (Å²) >= 11 is 6.93. The summed E-state index contributed by atoms with van der Waals surface area (Å²) in [6.45, 7) is 0. The summed E-state index contributed by atoms with van der Waals surface area (Å²) in [4.78, 5) is 0. The van der Waals surface area contributed by atoms with Crippen LogP contribution in [0.3, 0.4) is 0 Å². The van der Waals surface area contributed by atoms with Crippen LogP contribution in [0.1, 0.15) is 5.56 Å². The molecule has 5 heteroatoms. The van der Waals surface area contributed by atoms with Crippen molar-refractivity contribution in [1.82, 2.24) is 0 Å². The topological polar surface area (TPSA) is 75.9 Å². The molecule has 0 unspecified atom stereocenters. The van der Waals surface area contributed by atoms with Crippen molar-refractivity contribution in [3.63, 3.8) is 0 Å². The molecule has 10 heavy (non-hydrogen) atoms. The quantitative estimate of drug-likeness (QED) is 0.444. The first kappa shape index (κ1) is 7.37. The van der Waals surface area contributed by atoms with E-state index in [9.17, 15) is 0 Å². The van der Waals surface area contributed by atoms with Gasteiger partial charge in [0, 0.05) is 5.38 Å². The van der Waals surface area contributed by atoms with Gasteiger partial charge in [0.25, 0.3) is 0 Å². The largest absolute Gasteiger partial charge is 0.390 e. The highest BCUT2D eigenvalue weighted by molar-refractivity contribution is 7.15. The van der Waals surface area contributed by atoms with Gasteiger partial charge >= 0.3 is 0 Å². The van der Waals surface area contributed by atoms with Crippen LogP contribution < -0.4 is 11.5 Å². The van der Waals surface area contributed by atoms with Crippen molar-refractivity contribution in [2.75, 3.05) is 5.73 Å². The number of anilines is 1. The van der Waals surface area contributed by atoms with Crippen molar-refractivity contribution in [2.24, 2.45) is 5.73 Å². The number of thiophene rings is 1. The molecule has 0 aliphatic rings. The Morgan fingerprint density at radius 2 is 2.30 bits per heavy atom. The molecule has 0 amide bonds. The molecule has 54 valence electrons. The summed E-state index contributed by atoms with van der Waals surface area (Å²) in [5, 5.41) is 9.67. The van der Waals surface area contributed by atoms with E-state index in [-0.39, 0.29) is 5.84 Å². The maximum atomic E-state index is 7.05. The van der Waals surface area contributed by atoms with Crippen molar-refractivity contribution in [3.05, 3.63) is 16.0 Å². The Labute approximate surface area is 67.1 Å². The molecule has 0 radical (unpaired) electrons. The van der Waals surface area contributed by atoms with Crippen LogP contribution in [0, 0.1) is 5.41 Å². The predicted molar refractivity (Wildman–Crippen MR) is 44.8 cm³/mol. The number of rotatable bonds is 1. The maximum absolute atomic E-state index is 7.05. The molecule has 1 aromatic rings. The third kappa shape index (κ3) is 1.08. The molecular weight excluding hydrogens is 170 g/mol. The first-order chi connectivity index (χ1) is 4.63. The minimum Gasteiger partial charge on any atom is -0.390 e. The summed E-state index contributed by atoms with van der Waals surface area (Å²) in [6, 6.07) is 0. The number of halogens is 1. The lowest BCUT2D eigenvalue weighted by Crippen LogP contribution is -2.12. The number of amidine groups is 1. The summed E-state index contributed by atoms with van der Waals surface area (Å²) in [5.41, 5.74) is 11.1. The lowest BCUT2D eigenvalue weighted by atomic mass is 10.3. The monoisotopic (exact) mass is 175 g/mol. The van der Waals surface area contributed by atoms with E-state index in [1.807, 2.05) is 0 Å². The van der Waals surface area contributed by atoms with Crippen molar-refractivity contribution >= 4 is 33.8 Å². The second-order valence-electron chi connectivity index (χ2n) is 1.74. The molecule has 0 fully saturated rings. The van der Waals surface area contributed by atoms with Crippen LogP contribution in [0.25, 0.3) is 0 Å². The van der Waals surface area contributed by atoms with E-state index >= 15 is 0 Å². The number of hydrogen-bond acceptors (Lipinski definition) is 3. The van der Waals surface area contributed by atoms with Gasteiger partial charge in [-0.15, -0.1) is 11.3 Å². The molecule has 3 nitrogen and oxygen atoms in total. The molecule has 0 spiro atoms. The second kappa shape index (κ2) is 2.48. The standard InChI is InChI=1S/C5H6ClN3S/c6-2-1-10-5(9)3(2)4(7)8/h1H,9H2,(H3,7,8). The van der Waals surface area contributed by atoms with Gasteiger partial charge < -0.3 is 11.5 Å². The van der Waals surface area contributed by atoms with Crippen LogP contribution in [0.5, 0.6) is 0 Å². The van der Waals surface area contributed by atoms with E-state index < -0.39 is 0 Å². The van der Waals surface area contributed by atoms with Gasteiger partial charge in [-0.3, -0.25) is 5.41 Å². The van der Waals surface area contributed by atoms with Gasteiger partial charge in [-0.1, -0.05) is 11.6 Å². The summed E-state index contributed by atoms with van der Waals surface area (Å²) in [7, 11) is 0.